The quantitative estimate of drug-likeness (QED) is 0.911. The molecule has 1 aromatic carbocycles. The molecule has 2 aliphatic heterocycles. The highest BCUT2D eigenvalue weighted by molar-refractivity contribution is 5.89. The Bertz CT molecular complexity index is 631. The summed E-state index contributed by atoms with van der Waals surface area (Å²) in [6, 6.07) is 8.65. The van der Waals surface area contributed by atoms with Crippen molar-refractivity contribution in [1.29, 1.82) is 0 Å². The monoisotopic (exact) mass is 330 g/mol. The van der Waals surface area contributed by atoms with Gasteiger partial charge in [0.2, 0.25) is 11.8 Å². The minimum atomic E-state index is -0.865. The molecule has 0 radical (unpaired) electrons. The van der Waals surface area contributed by atoms with Crippen LogP contribution in [0.1, 0.15) is 37.3 Å². The number of aliphatic carboxylic acids is 1. The van der Waals surface area contributed by atoms with E-state index in [0.29, 0.717) is 25.9 Å². The van der Waals surface area contributed by atoms with Crippen LogP contribution in [0.15, 0.2) is 30.3 Å². The maximum Gasteiger partial charge on any atom is 0.308 e. The lowest BCUT2D eigenvalue weighted by atomic mass is 10.00. The van der Waals surface area contributed by atoms with Crippen LogP contribution < -0.4 is 0 Å². The number of benzene rings is 1. The van der Waals surface area contributed by atoms with Crippen LogP contribution >= 0.6 is 0 Å². The average Bonchev–Trinajstić information content (AvgIpc) is 3.08. The summed E-state index contributed by atoms with van der Waals surface area (Å²) >= 11 is 0. The van der Waals surface area contributed by atoms with Crippen LogP contribution in [0.4, 0.5) is 0 Å². The lowest BCUT2D eigenvalue weighted by molar-refractivity contribution is -0.148. The molecule has 6 nitrogen and oxygen atoms in total. The first kappa shape index (κ1) is 16.5. The molecule has 6 heteroatoms. The van der Waals surface area contributed by atoms with Crippen molar-refractivity contribution in [3.05, 3.63) is 35.9 Å². The molecule has 0 aliphatic carbocycles. The molecule has 24 heavy (non-hydrogen) atoms. The smallest absolute Gasteiger partial charge is 0.308 e. The second-order valence-corrected chi connectivity index (χ2v) is 6.47. The van der Waals surface area contributed by atoms with Gasteiger partial charge in [-0.2, -0.15) is 0 Å². The molecule has 2 fully saturated rings. The third-order valence-electron chi connectivity index (χ3n) is 4.87. The number of amides is 2. The summed E-state index contributed by atoms with van der Waals surface area (Å²) in [6.45, 7) is 1.22. The van der Waals surface area contributed by atoms with Crippen LogP contribution in [0, 0.1) is 5.92 Å². The predicted molar refractivity (Wildman–Crippen MR) is 87.1 cm³/mol. The Kier molecular flexibility index (Phi) is 4.83. The number of carbonyl (C=O) groups is 3. The second-order valence-electron chi connectivity index (χ2n) is 6.47. The zero-order chi connectivity index (χ0) is 17.1. The molecule has 2 atom stereocenters. The summed E-state index contributed by atoms with van der Waals surface area (Å²) in [4.78, 5) is 39.9. The van der Waals surface area contributed by atoms with Crippen molar-refractivity contribution in [3.63, 3.8) is 0 Å². The van der Waals surface area contributed by atoms with Gasteiger partial charge in [-0.3, -0.25) is 14.4 Å². The molecule has 0 aromatic heterocycles. The summed E-state index contributed by atoms with van der Waals surface area (Å²) in [5, 5.41) is 9.16. The van der Waals surface area contributed by atoms with E-state index in [9.17, 15) is 14.4 Å². The number of carboxylic acids is 1. The lowest BCUT2D eigenvalue weighted by Gasteiger charge is -2.36. The van der Waals surface area contributed by atoms with E-state index in [1.807, 2.05) is 30.3 Å². The fourth-order valence-corrected chi connectivity index (χ4v) is 3.53. The van der Waals surface area contributed by atoms with Crippen LogP contribution in [0.3, 0.4) is 0 Å². The van der Waals surface area contributed by atoms with E-state index in [1.54, 1.807) is 9.80 Å². The number of rotatable bonds is 4. The van der Waals surface area contributed by atoms with E-state index < -0.39 is 17.9 Å². The molecule has 2 aliphatic rings. The molecule has 2 saturated heterocycles. The topological polar surface area (TPSA) is 77.9 Å². The number of likely N-dealkylation sites (tertiary alicyclic amines) is 2. The minimum Gasteiger partial charge on any atom is -0.481 e. The van der Waals surface area contributed by atoms with E-state index >= 15 is 0 Å². The van der Waals surface area contributed by atoms with Crippen LogP contribution in [0.25, 0.3) is 0 Å². The first-order valence-electron chi connectivity index (χ1n) is 8.44. The van der Waals surface area contributed by atoms with Crippen LogP contribution in [0.5, 0.6) is 0 Å². The lowest BCUT2D eigenvalue weighted by Crippen LogP contribution is -2.46. The molecule has 0 unspecified atom stereocenters. The van der Waals surface area contributed by atoms with E-state index in [4.69, 9.17) is 5.11 Å². The third kappa shape index (κ3) is 3.27. The van der Waals surface area contributed by atoms with Gasteiger partial charge in [-0.1, -0.05) is 30.3 Å². The van der Waals surface area contributed by atoms with E-state index in [1.165, 1.54) is 0 Å². The van der Waals surface area contributed by atoms with Gasteiger partial charge in [-0.15, -0.1) is 0 Å². The number of carboxylic acid groups (broad SMARTS) is 1. The van der Waals surface area contributed by atoms with Gasteiger partial charge in [0.25, 0.3) is 0 Å². The minimum absolute atomic E-state index is 0.00238. The normalized spacial score (nSPS) is 22.5. The summed E-state index contributed by atoms with van der Waals surface area (Å²) in [7, 11) is 0. The first-order valence-corrected chi connectivity index (χ1v) is 8.44. The predicted octanol–water partition coefficient (Wildman–Crippen LogP) is 1.67. The second kappa shape index (κ2) is 7.03. The Morgan fingerprint density at radius 3 is 2.50 bits per heavy atom. The first-order chi connectivity index (χ1) is 11.6. The molecule has 128 valence electrons. The number of nitrogens with zero attached hydrogens (tertiary/aromatic N) is 2. The Balaban J connectivity index is 1.86. The molecule has 2 heterocycles. The molecule has 0 bridgehead atoms. The van der Waals surface area contributed by atoms with E-state index in [2.05, 4.69) is 0 Å². The average molecular weight is 330 g/mol. The van der Waals surface area contributed by atoms with Gasteiger partial charge in [0.15, 0.2) is 0 Å². The maximum atomic E-state index is 13.1. The number of hydrogen-bond acceptors (Lipinski definition) is 3. The van der Waals surface area contributed by atoms with Crippen molar-refractivity contribution in [2.24, 2.45) is 5.92 Å². The van der Waals surface area contributed by atoms with Gasteiger partial charge in [-0.05, 0) is 24.8 Å². The molecule has 0 spiro atoms. The highest BCUT2D eigenvalue weighted by Crippen LogP contribution is 2.29. The molecular weight excluding hydrogens is 308 g/mol. The SMILES string of the molecule is O=C(O)[C@@H]1CCN(C(=O)[C@H](c2ccccc2)N2CCCCC2=O)C1. The van der Waals surface area contributed by atoms with Crippen molar-refractivity contribution in [2.45, 2.75) is 31.7 Å². The fraction of sp³-hybridized carbons (Fsp3) is 0.500. The van der Waals surface area contributed by atoms with Crippen molar-refractivity contribution in [1.82, 2.24) is 9.80 Å². The summed E-state index contributed by atoms with van der Waals surface area (Å²) in [5.74, 6) is -1.55. The standard InChI is InChI=1S/C18H22N2O4/c21-15-8-4-5-10-20(15)16(13-6-2-1-3-7-13)17(22)19-11-9-14(12-19)18(23)24/h1-3,6-7,14,16H,4-5,8-12H2,(H,23,24)/t14-,16+/m1/s1. The van der Waals surface area contributed by atoms with Crippen molar-refractivity contribution >= 4 is 17.8 Å². The third-order valence-corrected chi connectivity index (χ3v) is 4.87. The Morgan fingerprint density at radius 2 is 1.88 bits per heavy atom. The van der Waals surface area contributed by atoms with Crippen LogP contribution in [-0.2, 0) is 14.4 Å². The van der Waals surface area contributed by atoms with Gasteiger partial charge in [0.1, 0.15) is 6.04 Å². The number of hydrogen-bond donors (Lipinski definition) is 1. The number of carbonyl (C=O) groups excluding carboxylic acids is 2. The maximum absolute atomic E-state index is 13.1. The van der Waals surface area contributed by atoms with Crippen molar-refractivity contribution < 1.29 is 19.5 Å². The Hall–Kier alpha value is -2.37. The van der Waals surface area contributed by atoms with Crippen LogP contribution in [0.2, 0.25) is 0 Å². The van der Waals surface area contributed by atoms with Gasteiger partial charge in [0, 0.05) is 26.1 Å². The highest BCUT2D eigenvalue weighted by atomic mass is 16.4. The van der Waals surface area contributed by atoms with Gasteiger partial charge < -0.3 is 14.9 Å². The molecule has 3 rings (SSSR count). The van der Waals surface area contributed by atoms with Gasteiger partial charge >= 0.3 is 5.97 Å². The van der Waals surface area contributed by atoms with Crippen LogP contribution in [-0.4, -0.2) is 52.3 Å². The summed E-state index contributed by atoms with van der Waals surface area (Å²) in [5.41, 5.74) is 0.788. The summed E-state index contributed by atoms with van der Waals surface area (Å²) in [6.07, 6.45) is 2.68. The zero-order valence-corrected chi connectivity index (χ0v) is 13.6. The zero-order valence-electron chi connectivity index (χ0n) is 13.6. The Labute approximate surface area is 141 Å². The molecule has 1 aromatic rings. The molecule has 0 saturated carbocycles. The molecule has 1 N–H and O–H groups in total. The van der Waals surface area contributed by atoms with Gasteiger partial charge in [-0.25, -0.2) is 0 Å². The Morgan fingerprint density at radius 1 is 1.12 bits per heavy atom. The van der Waals surface area contributed by atoms with Crippen molar-refractivity contribution in [3.8, 4) is 0 Å². The molecular formula is C18H22N2O4. The van der Waals surface area contributed by atoms with Crippen molar-refractivity contribution in [2.75, 3.05) is 19.6 Å². The summed E-state index contributed by atoms with van der Waals surface area (Å²) < 4.78 is 0. The van der Waals surface area contributed by atoms with Gasteiger partial charge in [0.05, 0.1) is 5.92 Å². The largest absolute Gasteiger partial charge is 0.481 e. The molecule has 2 amide bonds. The highest BCUT2D eigenvalue weighted by Gasteiger charge is 2.39. The van der Waals surface area contributed by atoms with E-state index in [0.717, 1.165) is 18.4 Å². The van der Waals surface area contributed by atoms with E-state index in [-0.39, 0.29) is 18.4 Å². The number of piperidine rings is 1. The fourth-order valence-electron chi connectivity index (χ4n) is 3.53.